The van der Waals surface area contributed by atoms with Crippen LogP contribution in [0.3, 0.4) is 0 Å². The number of Topliss-reactive ketones (excluding diaryl/α,β-unsaturated/α-hetero) is 1. The minimum absolute atomic E-state index is 0.0312. The molecule has 0 aromatic heterocycles. The number of aryl methyl sites for hydroxylation is 1. The molecule has 2 rings (SSSR count). The van der Waals surface area contributed by atoms with Crippen molar-refractivity contribution in [3.05, 3.63) is 28.8 Å². The molecule has 1 unspecified atom stereocenters. The zero-order valence-electron chi connectivity index (χ0n) is 7.95. The molecule has 3 heteroatoms. The summed E-state index contributed by atoms with van der Waals surface area (Å²) >= 11 is 0. The van der Waals surface area contributed by atoms with Gasteiger partial charge in [-0.2, -0.15) is 0 Å². The Morgan fingerprint density at radius 1 is 1.36 bits per heavy atom. The zero-order chi connectivity index (χ0) is 10.3. The Hall–Kier alpha value is -1.35. The van der Waals surface area contributed by atoms with Gasteiger partial charge in [0.1, 0.15) is 5.75 Å². The number of benzene rings is 1. The largest absolute Gasteiger partial charge is 0.508 e. The van der Waals surface area contributed by atoms with Crippen molar-refractivity contribution in [3.63, 3.8) is 0 Å². The van der Waals surface area contributed by atoms with Crippen LogP contribution in [0.5, 0.6) is 5.75 Å². The van der Waals surface area contributed by atoms with Crippen molar-refractivity contribution >= 4 is 5.78 Å². The molecule has 0 aliphatic heterocycles. The maximum absolute atomic E-state index is 11.6. The van der Waals surface area contributed by atoms with Gasteiger partial charge >= 0.3 is 0 Å². The molecule has 0 fully saturated rings. The highest BCUT2D eigenvalue weighted by molar-refractivity contribution is 6.00. The van der Waals surface area contributed by atoms with Gasteiger partial charge in [-0.15, -0.1) is 0 Å². The first kappa shape index (κ1) is 9.21. The topological polar surface area (TPSA) is 57.5 Å². The Morgan fingerprint density at radius 2 is 2.07 bits per heavy atom. The summed E-state index contributed by atoms with van der Waals surface area (Å²) < 4.78 is 0. The number of ketones is 1. The number of hydrogen-bond donors (Lipinski definition) is 2. The number of aliphatic hydroxyl groups is 1. The average Bonchev–Trinajstić information content (AvgIpc) is 1.99. The fourth-order valence-electron chi connectivity index (χ4n) is 2.04. The number of hydrogen-bond acceptors (Lipinski definition) is 3. The number of phenols is 1. The van der Waals surface area contributed by atoms with Gasteiger partial charge < -0.3 is 10.2 Å². The van der Waals surface area contributed by atoms with E-state index in [2.05, 4.69) is 0 Å². The average molecular weight is 192 g/mol. The lowest BCUT2D eigenvalue weighted by molar-refractivity contribution is 0.0852. The summed E-state index contributed by atoms with van der Waals surface area (Å²) in [5.74, 6) is 0.124. The maximum atomic E-state index is 11.6. The molecule has 3 nitrogen and oxygen atoms in total. The van der Waals surface area contributed by atoms with E-state index in [1.807, 2.05) is 0 Å². The second-order valence-electron chi connectivity index (χ2n) is 3.78. The van der Waals surface area contributed by atoms with E-state index in [-0.39, 0.29) is 18.0 Å². The van der Waals surface area contributed by atoms with Gasteiger partial charge in [-0.1, -0.05) is 0 Å². The van der Waals surface area contributed by atoms with E-state index >= 15 is 0 Å². The molecular formula is C11H12O3. The fraction of sp³-hybridized carbons (Fsp3) is 0.364. The van der Waals surface area contributed by atoms with E-state index in [0.29, 0.717) is 12.0 Å². The standard InChI is InChI=1S/C11H12O3/c1-6-2-8(12)3-7-4-9(13)5-10(14)11(6)7/h2-3,9,12-13H,4-5H2,1H3. The lowest BCUT2D eigenvalue weighted by Gasteiger charge is -2.21. The molecule has 1 atom stereocenters. The first-order valence-corrected chi connectivity index (χ1v) is 4.61. The summed E-state index contributed by atoms with van der Waals surface area (Å²) in [4.78, 5) is 11.6. The Bertz CT molecular complexity index is 396. The number of carbonyl (C=O) groups is 1. The molecule has 0 heterocycles. The third kappa shape index (κ3) is 1.40. The first-order valence-electron chi connectivity index (χ1n) is 4.61. The third-order valence-corrected chi connectivity index (χ3v) is 2.56. The Morgan fingerprint density at radius 3 is 2.79 bits per heavy atom. The van der Waals surface area contributed by atoms with Crippen molar-refractivity contribution < 1.29 is 15.0 Å². The monoisotopic (exact) mass is 192 g/mol. The third-order valence-electron chi connectivity index (χ3n) is 2.56. The highest BCUT2D eigenvalue weighted by atomic mass is 16.3. The van der Waals surface area contributed by atoms with E-state index in [9.17, 15) is 15.0 Å². The number of aromatic hydroxyl groups is 1. The molecule has 0 radical (unpaired) electrons. The Balaban J connectivity index is 2.59. The summed E-state index contributed by atoms with van der Waals surface area (Å²) in [5, 5.41) is 18.8. The summed E-state index contributed by atoms with van der Waals surface area (Å²) in [6.07, 6.45) is 0.0470. The van der Waals surface area contributed by atoms with E-state index in [1.165, 1.54) is 0 Å². The van der Waals surface area contributed by atoms with Crippen molar-refractivity contribution in [2.45, 2.75) is 25.9 Å². The predicted molar refractivity (Wildman–Crippen MR) is 51.5 cm³/mol. The number of carbonyl (C=O) groups excluding carboxylic acids is 1. The van der Waals surface area contributed by atoms with Gasteiger partial charge in [-0.05, 0) is 36.6 Å². The molecule has 0 amide bonds. The molecule has 74 valence electrons. The van der Waals surface area contributed by atoms with Gasteiger partial charge in [0.15, 0.2) is 5.78 Å². The molecule has 1 aromatic rings. The summed E-state index contributed by atoms with van der Waals surface area (Å²) in [6.45, 7) is 1.80. The van der Waals surface area contributed by atoms with Crippen molar-refractivity contribution in [2.75, 3.05) is 0 Å². The molecule has 0 bridgehead atoms. The van der Waals surface area contributed by atoms with Crippen LogP contribution in [0.25, 0.3) is 0 Å². The van der Waals surface area contributed by atoms with Crippen LogP contribution in [0.4, 0.5) is 0 Å². The summed E-state index contributed by atoms with van der Waals surface area (Å²) in [5.41, 5.74) is 2.22. The van der Waals surface area contributed by atoms with Crippen LogP contribution < -0.4 is 0 Å². The van der Waals surface area contributed by atoms with E-state index in [1.54, 1.807) is 19.1 Å². The van der Waals surface area contributed by atoms with Crippen molar-refractivity contribution in [2.24, 2.45) is 0 Å². The maximum Gasteiger partial charge on any atom is 0.166 e. The fourth-order valence-corrected chi connectivity index (χ4v) is 2.04. The number of phenolic OH excluding ortho intramolecular Hbond substituents is 1. The molecule has 1 aliphatic rings. The van der Waals surface area contributed by atoms with Gasteiger partial charge in [0.05, 0.1) is 6.10 Å². The van der Waals surface area contributed by atoms with E-state index in [0.717, 1.165) is 11.1 Å². The van der Waals surface area contributed by atoms with Crippen LogP contribution in [0.2, 0.25) is 0 Å². The highest BCUT2D eigenvalue weighted by Crippen LogP contribution is 2.28. The van der Waals surface area contributed by atoms with Crippen LogP contribution in [0.15, 0.2) is 12.1 Å². The lowest BCUT2D eigenvalue weighted by atomic mass is 9.86. The first-order chi connectivity index (χ1) is 6.58. The van der Waals surface area contributed by atoms with Crippen molar-refractivity contribution in [1.82, 2.24) is 0 Å². The van der Waals surface area contributed by atoms with E-state index < -0.39 is 6.10 Å². The Kier molecular flexibility index (Phi) is 2.04. The molecular weight excluding hydrogens is 180 g/mol. The van der Waals surface area contributed by atoms with Gasteiger partial charge in [-0.3, -0.25) is 4.79 Å². The second kappa shape index (κ2) is 3.10. The molecule has 1 aromatic carbocycles. The zero-order valence-corrected chi connectivity index (χ0v) is 7.95. The molecule has 0 saturated carbocycles. The minimum Gasteiger partial charge on any atom is -0.508 e. The van der Waals surface area contributed by atoms with E-state index in [4.69, 9.17) is 0 Å². The second-order valence-corrected chi connectivity index (χ2v) is 3.78. The van der Waals surface area contributed by atoms with Crippen LogP contribution in [0.1, 0.15) is 27.9 Å². The van der Waals surface area contributed by atoms with Crippen molar-refractivity contribution in [1.29, 1.82) is 0 Å². The van der Waals surface area contributed by atoms with Crippen LogP contribution in [0, 0.1) is 6.92 Å². The van der Waals surface area contributed by atoms with Crippen LogP contribution >= 0.6 is 0 Å². The van der Waals surface area contributed by atoms with Gasteiger partial charge in [0.25, 0.3) is 0 Å². The number of fused-ring (bicyclic) bond motifs is 1. The van der Waals surface area contributed by atoms with Gasteiger partial charge in [-0.25, -0.2) is 0 Å². The molecule has 1 aliphatic carbocycles. The van der Waals surface area contributed by atoms with Crippen LogP contribution in [-0.4, -0.2) is 22.1 Å². The van der Waals surface area contributed by atoms with Crippen LogP contribution in [-0.2, 0) is 6.42 Å². The molecule has 0 spiro atoms. The summed E-state index contributed by atoms with van der Waals surface area (Å²) in [7, 11) is 0. The quantitative estimate of drug-likeness (QED) is 0.649. The lowest BCUT2D eigenvalue weighted by Crippen LogP contribution is -2.24. The normalized spacial score (nSPS) is 20.7. The Labute approximate surface area is 82.0 Å². The molecule has 2 N–H and O–H groups in total. The number of rotatable bonds is 0. The minimum atomic E-state index is -0.601. The predicted octanol–water partition coefficient (Wildman–Crippen LogP) is 1.19. The van der Waals surface area contributed by atoms with Gasteiger partial charge in [0, 0.05) is 12.0 Å². The number of aliphatic hydroxyl groups excluding tert-OH is 1. The van der Waals surface area contributed by atoms with Crippen molar-refractivity contribution in [3.8, 4) is 5.75 Å². The SMILES string of the molecule is Cc1cc(O)cc2c1C(=O)CC(O)C2. The summed E-state index contributed by atoms with van der Waals surface area (Å²) in [6, 6.07) is 3.14. The smallest absolute Gasteiger partial charge is 0.166 e. The molecule has 0 saturated heterocycles. The van der Waals surface area contributed by atoms with Gasteiger partial charge in [0.2, 0.25) is 0 Å². The highest BCUT2D eigenvalue weighted by Gasteiger charge is 2.25. The molecule has 14 heavy (non-hydrogen) atoms.